The number of allylic oxidation sites excluding steroid dienone is 4. The molecule has 0 bridgehead atoms. The second kappa shape index (κ2) is 15.0. The third-order valence-electron chi connectivity index (χ3n) is 5.92. The highest BCUT2D eigenvalue weighted by Gasteiger charge is 2.15. The summed E-state index contributed by atoms with van der Waals surface area (Å²) in [6.45, 7) is 14.4. The van der Waals surface area contributed by atoms with Crippen molar-refractivity contribution in [1.29, 1.82) is 0 Å². The van der Waals surface area contributed by atoms with Gasteiger partial charge in [0, 0.05) is 36.4 Å². The summed E-state index contributed by atoms with van der Waals surface area (Å²) in [6, 6.07) is 6.06. The van der Waals surface area contributed by atoms with Crippen molar-refractivity contribution in [2.24, 2.45) is 0 Å². The van der Waals surface area contributed by atoms with Crippen LogP contribution in [0.3, 0.4) is 0 Å². The minimum Gasteiger partial charge on any atom is -0.372 e. The zero-order valence-electron chi connectivity index (χ0n) is 23.5. The van der Waals surface area contributed by atoms with Crippen LogP contribution in [0, 0.1) is 18.8 Å². The number of hydrogen-bond donors (Lipinski definition) is 2. The zero-order valence-corrected chi connectivity index (χ0v) is 24.3. The number of benzene rings is 1. The van der Waals surface area contributed by atoms with E-state index < -0.39 is 0 Å². The van der Waals surface area contributed by atoms with Crippen LogP contribution in [-0.2, 0) is 11.4 Å². The molecule has 3 heterocycles. The number of rotatable bonds is 5. The van der Waals surface area contributed by atoms with E-state index in [1.54, 1.807) is 5.06 Å². The summed E-state index contributed by atoms with van der Waals surface area (Å²) in [5.41, 5.74) is 4.34. The Bertz CT molecular complexity index is 1390. The van der Waals surface area contributed by atoms with Crippen molar-refractivity contribution < 1.29 is 4.84 Å². The highest BCUT2D eigenvalue weighted by Crippen LogP contribution is 2.23. The molecule has 9 heteroatoms. The number of hydroxylamine groups is 2. The molecule has 2 aliphatic rings. The smallest absolute Gasteiger partial charge is 0.164 e. The maximum Gasteiger partial charge on any atom is 0.164 e. The molecule has 2 N–H and O–H groups in total. The molecule has 1 saturated heterocycles. The van der Waals surface area contributed by atoms with Gasteiger partial charge in [0.2, 0.25) is 0 Å². The molecular formula is C30H38ClN7O. The summed E-state index contributed by atoms with van der Waals surface area (Å²) >= 11 is 5.63. The first-order valence-corrected chi connectivity index (χ1v) is 13.8. The van der Waals surface area contributed by atoms with Gasteiger partial charge < -0.3 is 10.6 Å². The fourth-order valence-electron chi connectivity index (χ4n) is 3.93. The zero-order chi connectivity index (χ0) is 28.2. The SMILES string of the molecule is C=C(Nc1ccc(C)c(C#Cc2nn(CC)c3ncnc(NC)c23)c1)N1CCCO1.CC.ClC1=CC=CCC1. The minimum absolute atomic E-state index is 0.657. The number of anilines is 2. The van der Waals surface area contributed by atoms with Gasteiger partial charge in [-0.05, 0) is 62.8 Å². The second-order valence-electron chi connectivity index (χ2n) is 8.56. The summed E-state index contributed by atoms with van der Waals surface area (Å²) in [6.07, 6.45) is 10.7. The molecule has 3 aromatic rings. The van der Waals surface area contributed by atoms with Gasteiger partial charge in [-0.25, -0.2) is 19.7 Å². The lowest BCUT2D eigenvalue weighted by atomic mass is 10.1. The van der Waals surface area contributed by atoms with E-state index >= 15 is 0 Å². The van der Waals surface area contributed by atoms with Gasteiger partial charge in [-0.15, -0.1) is 0 Å². The summed E-state index contributed by atoms with van der Waals surface area (Å²) < 4.78 is 1.84. The van der Waals surface area contributed by atoms with Gasteiger partial charge in [-0.2, -0.15) is 5.10 Å². The van der Waals surface area contributed by atoms with Gasteiger partial charge in [-0.1, -0.05) is 56.2 Å². The second-order valence-corrected chi connectivity index (χ2v) is 9.04. The molecule has 206 valence electrons. The lowest BCUT2D eigenvalue weighted by Crippen LogP contribution is -2.21. The van der Waals surface area contributed by atoms with Gasteiger partial charge in [0.25, 0.3) is 0 Å². The Kier molecular flexibility index (Phi) is 11.4. The Morgan fingerprint density at radius 1 is 1.23 bits per heavy atom. The van der Waals surface area contributed by atoms with E-state index in [0.717, 1.165) is 76.9 Å². The Hall–Kier alpha value is -3.80. The molecule has 1 fully saturated rings. The average molecular weight is 548 g/mol. The van der Waals surface area contributed by atoms with E-state index in [1.807, 2.05) is 69.8 Å². The van der Waals surface area contributed by atoms with Crippen LogP contribution in [0.5, 0.6) is 0 Å². The van der Waals surface area contributed by atoms with Crippen LogP contribution in [0.15, 0.2) is 60.2 Å². The molecule has 0 unspecified atom stereocenters. The Labute approximate surface area is 236 Å². The van der Waals surface area contributed by atoms with Crippen LogP contribution in [0.25, 0.3) is 11.0 Å². The summed E-state index contributed by atoms with van der Waals surface area (Å²) in [5, 5.41) is 14.6. The molecule has 2 aromatic heterocycles. The minimum atomic E-state index is 0.657. The molecule has 1 aliphatic heterocycles. The summed E-state index contributed by atoms with van der Waals surface area (Å²) in [7, 11) is 1.83. The molecule has 1 aliphatic carbocycles. The van der Waals surface area contributed by atoms with Crippen molar-refractivity contribution in [2.75, 3.05) is 30.8 Å². The van der Waals surface area contributed by atoms with Gasteiger partial charge in [0.05, 0.1) is 12.0 Å². The first-order chi connectivity index (χ1) is 19.0. The van der Waals surface area contributed by atoms with Gasteiger partial charge in [0.1, 0.15) is 23.7 Å². The van der Waals surface area contributed by atoms with Crippen molar-refractivity contribution in [1.82, 2.24) is 24.8 Å². The van der Waals surface area contributed by atoms with E-state index in [1.165, 1.54) is 6.33 Å². The van der Waals surface area contributed by atoms with E-state index in [-0.39, 0.29) is 0 Å². The fraction of sp³-hybridized carbons (Fsp3) is 0.367. The van der Waals surface area contributed by atoms with Crippen LogP contribution in [0.2, 0.25) is 0 Å². The van der Waals surface area contributed by atoms with Crippen LogP contribution < -0.4 is 10.6 Å². The highest BCUT2D eigenvalue weighted by molar-refractivity contribution is 6.29. The van der Waals surface area contributed by atoms with Gasteiger partial charge in [-0.3, -0.25) is 4.84 Å². The third kappa shape index (κ3) is 7.85. The van der Waals surface area contributed by atoms with Crippen LogP contribution in [0.4, 0.5) is 11.5 Å². The van der Waals surface area contributed by atoms with Crippen LogP contribution in [0.1, 0.15) is 56.9 Å². The molecular weight excluding hydrogens is 510 g/mol. The van der Waals surface area contributed by atoms with Gasteiger partial charge in [0.15, 0.2) is 5.65 Å². The molecule has 0 amide bonds. The number of halogens is 1. The standard InChI is InChI=1S/C22H25N7O.C6H7Cl.C2H6/c1-5-28-22-20(21(23-4)24-14-25-22)19(27-28)10-8-17-13-18(9-7-15(17)2)26-16(3)29-11-6-12-30-29;7-6-4-2-1-3-5-6;1-2/h7,9,13-14,26H,3,5-6,11-12H2,1-2,4H3,(H,23,24,25);1-2,4H,3,5H2;1-2H3. The quantitative estimate of drug-likeness (QED) is 0.348. The number of fused-ring (bicyclic) bond motifs is 1. The van der Waals surface area contributed by atoms with Crippen molar-refractivity contribution in [3.8, 4) is 11.8 Å². The van der Waals surface area contributed by atoms with E-state index in [4.69, 9.17) is 16.4 Å². The Morgan fingerprint density at radius 3 is 2.67 bits per heavy atom. The normalized spacial score (nSPS) is 13.8. The number of nitrogens with one attached hydrogen (secondary N) is 2. The van der Waals surface area contributed by atoms with Crippen molar-refractivity contribution >= 4 is 34.1 Å². The average Bonchev–Trinajstić information content (AvgIpc) is 3.64. The van der Waals surface area contributed by atoms with E-state index in [2.05, 4.69) is 50.2 Å². The maximum atomic E-state index is 5.63. The van der Waals surface area contributed by atoms with Crippen molar-refractivity contribution in [3.05, 3.63) is 77.0 Å². The molecule has 8 nitrogen and oxygen atoms in total. The Balaban J connectivity index is 0.000000401. The molecule has 39 heavy (non-hydrogen) atoms. The highest BCUT2D eigenvalue weighted by atomic mass is 35.5. The molecule has 5 rings (SSSR count). The lowest BCUT2D eigenvalue weighted by Gasteiger charge is -2.20. The van der Waals surface area contributed by atoms with E-state index in [9.17, 15) is 0 Å². The molecule has 0 atom stereocenters. The predicted octanol–water partition coefficient (Wildman–Crippen LogP) is 6.60. The topological polar surface area (TPSA) is 80.1 Å². The molecule has 0 saturated carbocycles. The number of aromatic nitrogens is 4. The summed E-state index contributed by atoms with van der Waals surface area (Å²) in [5.74, 6) is 7.93. The number of nitrogens with zero attached hydrogens (tertiary/aromatic N) is 5. The maximum absolute atomic E-state index is 5.63. The lowest BCUT2D eigenvalue weighted by molar-refractivity contribution is -0.0767. The Morgan fingerprint density at radius 2 is 2.05 bits per heavy atom. The largest absolute Gasteiger partial charge is 0.372 e. The van der Waals surface area contributed by atoms with Crippen molar-refractivity contribution in [3.63, 3.8) is 0 Å². The molecule has 1 aromatic carbocycles. The first-order valence-electron chi connectivity index (χ1n) is 13.4. The van der Waals surface area contributed by atoms with Crippen LogP contribution >= 0.6 is 11.6 Å². The first kappa shape index (κ1) is 29.8. The predicted molar refractivity (Wildman–Crippen MR) is 161 cm³/mol. The molecule has 0 spiro atoms. The fourth-order valence-corrected chi connectivity index (χ4v) is 4.11. The molecule has 0 radical (unpaired) electrons. The number of aryl methyl sites for hydroxylation is 2. The van der Waals surface area contributed by atoms with Crippen molar-refractivity contribution in [2.45, 2.75) is 53.5 Å². The van der Waals surface area contributed by atoms with Crippen LogP contribution in [-0.4, -0.2) is 45.0 Å². The monoisotopic (exact) mass is 547 g/mol. The number of hydrogen-bond acceptors (Lipinski definition) is 7. The summed E-state index contributed by atoms with van der Waals surface area (Å²) in [4.78, 5) is 14.2. The third-order valence-corrected chi connectivity index (χ3v) is 6.24. The van der Waals surface area contributed by atoms with E-state index in [0.29, 0.717) is 12.2 Å². The van der Waals surface area contributed by atoms with Gasteiger partial charge >= 0.3 is 0 Å².